The third kappa shape index (κ3) is 6.98. The molecule has 0 aliphatic carbocycles. The standard InChI is InChI=1S/C14H27F3N4O3S/c1-3-18-13(19-7-4-10-24-2)20-11-12-5-8-21(9-6-12)25(22,23)14(15,16)17/h12H,3-11H2,1-2H3,(H2,18,19,20). The molecular formula is C14H27F3N4O3S. The Morgan fingerprint density at radius 1 is 1.28 bits per heavy atom. The molecule has 0 aromatic rings. The van der Waals surface area contributed by atoms with Gasteiger partial charge in [0, 0.05) is 46.4 Å². The van der Waals surface area contributed by atoms with E-state index in [0.717, 1.165) is 6.42 Å². The van der Waals surface area contributed by atoms with E-state index in [0.29, 0.717) is 49.3 Å². The van der Waals surface area contributed by atoms with Crippen LogP contribution in [-0.4, -0.2) is 70.6 Å². The van der Waals surface area contributed by atoms with Crippen LogP contribution in [0.5, 0.6) is 0 Å². The van der Waals surface area contributed by atoms with Gasteiger partial charge in [-0.15, -0.1) is 0 Å². The highest BCUT2D eigenvalue weighted by Crippen LogP contribution is 2.30. The number of hydrogen-bond acceptors (Lipinski definition) is 4. The summed E-state index contributed by atoms with van der Waals surface area (Å²) in [7, 11) is -3.59. The largest absolute Gasteiger partial charge is 0.511 e. The van der Waals surface area contributed by atoms with Crippen molar-refractivity contribution < 1.29 is 26.3 Å². The summed E-state index contributed by atoms with van der Waals surface area (Å²) in [5.41, 5.74) is -5.23. The van der Waals surface area contributed by atoms with Crippen molar-refractivity contribution in [3.63, 3.8) is 0 Å². The fraction of sp³-hybridized carbons (Fsp3) is 0.929. The van der Waals surface area contributed by atoms with Gasteiger partial charge in [0.05, 0.1) is 0 Å². The van der Waals surface area contributed by atoms with E-state index in [2.05, 4.69) is 15.6 Å². The Labute approximate surface area is 147 Å². The second kappa shape index (κ2) is 10.2. The molecule has 1 saturated heterocycles. The number of piperidine rings is 1. The lowest BCUT2D eigenvalue weighted by atomic mass is 9.98. The summed E-state index contributed by atoms with van der Waals surface area (Å²) in [6.07, 6.45) is 1.55. The van der Waals surface area contributed by atoms with Crippen LogP contribution in [0.2, 0.25) is 0 Å². The third-order valence-corrected chi connectivity index (χ3v) is 5.51. The molecule has 148 valence electrons. The number of methoxy groups -OCH3 is 1. The molecular weight excluding hydrogens is 361 g/mol. The SMILES string of the molecule is CCNC(=NCC1CCN(S(=O)(=O)C(F)(F)F)CC1)NCCCOC. The molecule has 0 aromatic heterocycles. The lowest BCUT2D eigenvalue weighted by Crippen LogP contribution is -2.45. The number of guanidine groups is 1. The zero-order valence-corrected chi connectivity index (χ0v) is 15.4. The minimum Gasteiger partial charge on any atom is -0.385 e. The third-order valence-electron chi connectivity index (χ3n) is 3.88. The number of nitrogens with one attached hydrogen (secondary N) is 2. The Morgan fingerprint density at radius 3 is 2.44 bits per heavy atom. The van der Waals surface area contributed by atoms with Gasteiger partial charge in [-0.3, -0.25) is 4.99 Å². The first-order chi connectivity index (χ1) is 11.7. The molecule has 0 bridgehead atoms. The normalized spacial score (nSPS) is 18.4. The molecule has 0 aromatic carbocycles. The summed E-state index contributed by atoms with van der Waals surface area (Å²) in [5, 5.41) is 6.25. The second-order valence-corrected chi connectivity index (χ2v) is 7.72. The van der Waals surface area contributed by atoms with Gasteiger partial charge in [0.15, 0.2) is 5.96 Å². The average molecular weight is 388 g/mol. The van der Waals surface area contributed by atoms with E-state index in [-0.39, 0.29) is 19.0 Å². The summed E-state index contributed by atoms with van der Waals surface area (Å²) in [6, 6.07) is 0. The van der Waals surface area contributed by atoms with Crippen LogP contribution in [0, 0.1) is 5.92 Å². The highest BCUT2D eigenvalue weighted by Gasteiger charge is 2.50. The van der Waals surface area contributed by atoms with Gasteiger partial charge >= 0.3 is 15.5 Å². The van der Waals surface area contributed by atoms with Gasteiger partial charge in [-0.25, -0.2) is 8.42 Å². The number of halogens is 3. The van der Waals surface area contributed by atoms with Crippen LogP contribution < -0.4 is 10.6 Å². The molecule has 25 heavy (non-hydrogen) atoms. The van der Waals surface area contributed by atoms with E-state index in [1.807, 2.05) is 6.92 Å². The van der Waals surface area contributed by atoms with Crippen LogP contribution in [0.1, 0.15) is 26.2 Å². The Bertz CT molecular complexity index is 518. The van der Waals surface area contributed by atoms with Crippen molar-refractivity contribution in [2.45, 2.75) is 31.7 Å². The predicted octanol–water partition coefficient (Wildman–Crippen LogP) is 1.14. The van der Waals surface area contributed by atoms with E-state index >= 15 is 0 Å². The van der Waals surface area contributed by atoms with Crippen molar-refractivity contribution in [1.29, 1.82) is 0 Å². The van der Waals surface area contributed by atoms with Crippen molar-refractivity contribution >= 4 is 16.0 Å². The first kappa shape index (κ1) is 22.0. The zero-order valence-electron chi connectivity index (χ0n) is 14.6. The number of sulfonamides is 1. The fourth-order valence-corrected chi connectivity index (χ4v) is 3.45. The number of alkyl halides is 3. The first-order valence-corrected chi connectivity index (χ1v) is 9.74. The molecule has 0 amide bonds. The van der Waals surface area contributed by atoms with Crippen molar-refractivity contribution in [2.24, 2.45) is 10.9 Å². The maximum atomic E-state index is 12.6. The molecule has 11 heteroatoms. The molecule has 0 saturated carbocycles. The number of hydrogen-bond donors (Lipinski definition) is 2. The van der Waals surface area contributed by atoms with Crippen LogP contribution >= 0.6 is 0 Å². The quantitative estimate of drug-likeness (QED) is 0.370. The summed E-state index contributed by atoms with van der Waals surface area (Å²) in [4.78, 5) is 4.43. The molecule has 1 aliphatic rings. The van der Waals surface area contributed by atoms with Crippen molar-refractivity contribution in [3.8, 4) is 0 Å². The summed E-state index contributed by atoms with van der Waals surface area (Å²) >= 11 is 0. The van der Waals surface area contributed by atoms with Crippen molar-refractivity contribution in [2.75, 3.05) is 46.4 Å². The van der Waals surface area contributed by atoms with E-state index < -0.39 is 15.5 Å². The smallest absolute Gasteiger partial charge is 0.385 e. The first-order valence-electron chi connectivity index (χ1n) is 8.30. The molecule has 0 spiro atoms. The topological polar surface area (TPSA) is 83.0 Å². The van der Waals surface area contributed by atoms with Crippen LogP contribution in [-0.2, 0) is 14.8 Å². The van der Waals surface area contributed by atoms with Crippen LogP contribution in [0.25, 0.3) is 0 Å². The monoisotopic (exact) mass is 388 g/mol. The molecule has 1 aliphatic heterocycles. The number of ether oxygens (including phenoxy) is 1. The number of nitrogens with zero attached hydrogens (tertiary/aromatic N) is 2. The Balaban J connectivity index is 2.48. The summed E-state index contributed by atoms with van der Waals surface area (Å²) < 4.78 is 65.9. The number of aliphatic imine (C=N–C) groups is 1. The van der Waals surface area contributed by atoms with Gasteiger partial charge in [-0.1, -0.05) is 0 Å². The molecule has 0 radical (unpaired) electrons. The summed E-state index contributed by atoms with van der Waals surface area (Å²) in [6.45, 7) is 4.16. The molecule has 0 unspecified atom stereocenters. The lowest BCUT2D eigenvalue weighted by molar-refractivity contribution is -0.0496. The minimum absolute atomic E-state index is 0.0640. The fourth-order valence-electron chi connectivity index (χ4n) is 2.46. The molecule has 1 heterocycles. The average Bonchev–Trinajstić information content (AvgIpc) is 2.55. The maximum absolute atomic E-state index is 12.6. The van der Waals surface area contributed by atoms with Crippen molar-refractivity contribution in [3.05, 3.63) is 0 Å². The minimum atomic E-state index is -5.23. The zero-order chi connectivity index (χ0) is 18.9. The Morgan fingerprint density at radius 2 is 1.92 bits per heavy atom. The molecule has 7 nitrogen and oxygen atoms in total. The van der Waals surface area contributed by atoms with Gasteiger partial charge < -0.3 is 15.4 Å². The summed E-state index contributed by atoms with van der Waals surface area (Å²) in [5.74, 6) is 0.707. The van der Waals surface area contributed by atoms with Crippen LogP contribution in [0.15, 0.2) is 4.99 Å². The van der Waals surface area contributed by atoms with Gasteiger partial charge in [-0.2, -0.15) is 17.5 Å². The Kier molecular flexibility index (Phi) is 8.94. The molecule has 1 rings (SSSR count). The van der Waals surface area contributed by atoms with Crippen molar-refractivity contribution in [1.82, 2.24) is 14.9 Å². The predicted molar refractivity (Wildman–Crippen MR) is 89.7 cm³/mol. The Hall–Kier alpha value is -1.07. The van der Waals surface area contributed by atoms with Crippen LogP contribution in [0.3, 0.4) is 0 Å². The van der Waals surface area contributed by atoms with E-state index in [9.17, 15) is 21.6 Å². The van der Waals surface area contributed by atoms with E-state index in [1.165, 1.54) is 0 Å². The molecule has 0 atom stereocenters. The van der Waals surface area contributed by atoms with Crippen LogP contribution in [0.4, 0.5) is 13.2 Å². The number of rotatable bonds is 8. The maximum Gasteiger partial charge on any atom is 0.511 e. The van der Waals surface area contributed by atoms with Gasteiger partial charge in [0.1, 0.15) is 0 Å². The highest BCUT2D eigenvalue weighted by atomic mass is 32.2. The highest BCUT2D eigenvalue weighted by molar-refractivity contribution is 7.90. The lowest BCUT2D eigenvalue weighted by Gasteiger charge is -2.30. The second-order valence-electron chi connectivity index (χ2n) is 5.79. The van der Waals surface area contributed by atoms with Gasteiger partial charge in [-0.05, 0) is 32.1 Å². The van der Waals surface area contributed by atoms with E-state index in [1.54, 1.807) is 7.11 Å². The molecule has 2 N–H and O–H groups in total. The molecule has 1 fully saturated rings. The van der Waals surface area contributed by atoms with E-state index in [4.69, 9.17) is 4.74 Å². The van der Waals surface area contributed by atoms with Gasteiger partial charge in [0.2, 0.25) is 0 Å². The van der Waals surface area contributed by atoms with Gasteiger partial charge in [0.25, 0.3) is 0 Å².